The smallest absolute Gasteiger partial charge is 0.373 e. The van der Waals surface area contributed by atoms with Crippen LogP contribution in [0.5, 0.6) is 11.5 Å². The van der Waals surface area contributed by atoms with Gasteiger partial charge in [0, 0.05) is 10.6 Å². The number of carbonyl (C=O) groups is 3. The molecule has 0 N–H and O–H groups in total. The molecular formula is C29H26ClNO7S. The molecule has 0 unspecified atom stereocenters. The van der Waals surface area contributed by atoms with Gasteiger partial charge in [-0.3, -0.25) is 14.5 Å². The Balaban J connectivity index is 1.58. The number of furan rings is 1. The molecule has 0 radical (unpaired) electrons. The number of amides is 2. The highest BCUT2D eigenvalue weighted by atomic mass is 35.5. The summed E-state index contributed by atoms with van der Waals surface area (Å²) >= 11 is 6.81. The number of allylic oxidation sites excluding steroid dienone is 1. The van der Waals surface area contributed by atoms with E-state index < -0.39 is 17.1 Å². The van der Waals surface area contributed by atoms with Gasteiger partial charge in [0.2, 0.25) is 5.76 Å². The second-order valence-corrected chi connectivity index (χ2v) is 9.80. The van der Waals surface area contributed by atoms with Crippen LogP contribution in [0.2, 0.25) is 5.02 Å². The van der Waals surface area contributed by atoms with Gasteiger partial charge in [-0.15, -0.1) is 6.58 Å². The number of hydrogen-bond donors (Lipinski definition) is 0. The van der Waals surface area contributed by atoms with Crippen LogP contribution in [0.15, 0.2) is 70.5 Å². The molecule has 0 spiro atoms. The summed E-state index contributed by atoms with van der Waals surface area (Å²) in [5.74, 6) is 0.265. The first-order chi connectivity index (χ1) is 18.8. The zero-order valence-corrected chi connectivity index (χ0v) is 23.0. The Bertz CT molecular complexity index is 1430. The molecule has 0 bridgehead atoms. The summed E-state index contributed by atoms with van der Waals surface area (Å²) in [7, 11) is 1.24. The normalized spacial score (nSPS) is 14.1. The van der Waals surface area contributed by atoms with Crippen molar-refractivity contribution in [2.75, 3.05) is 13.7 Å². The van der Waals surface area contributed by atoms with E-state index in [-0.39, 0.29) is 23.0 Å². The molecule has 10 heteroatoms. The number of halogens is 1. The number of esters is 1. The second kappa shape index (κ2) is 12.7. The number of benzene rings is 2. The summed E-state index contributed by atoms with van der Waals surface area (Å²) < 4.78 is 22.1. The van der Waals surface area contributed by atoms with Crippen LogP contribution in [0.4, 0.5) is 4.79 Å². The third-order valence-corrected chi connectivity index (χ3v) is 6.81. The summed E-state index contributed by atoms with van der Waals surface area (Å²) in [6.45, 7) is 6.32. The number of imide groups is 1. The summed E-state index contributed by atoms with van der Waals surface area (Å²) in [6.07, 6.45) is 3.90. The van der Waals surface area contributed by atoms with Crippen LogP contribution in [0.1, 0.15) is 39.9 Å². The molecule has 0 saturated carbocycles. The predicted molar refractivity (Wildman–Crippen MR) is 149 cm³/mol. The highest BCUT2D eigenvalue weighted by Gasteiger charge is 2.36. The number of thioether (sulfide) groups is 1. The van der Waals surface area contributed by atoms with E-state index >= 15 is 0 Å². The Morgan fingerprint density at radius 1 is 1.13 bits per heavy atom. The zero-order valence-electron chi connectivity index (χ0n) is 21.4. The lowest BCUT2D eigenvalue weighted by atomic mass is 10.0. The minimum Gasteiger partial charge on any atom is -0.490 e. The number of ether oxygens (including phenoxy) is 3. The summed E-state index contributed by atoms with van der Waals surface area (Å²) in [5, 5.41) is 0.200. The van der Waals surface area contributed by atoms with E-state index in [4.69, 9.17) is 25.5 Å². The summed E-state index contributed by atoms with van der Waals surface area (Å²) in [4.78, 5) is 38.7. The molecule has 3 aromatic rings. The van der Waals surface area contributed by atoms with Gasteiger partial charge in [-0.2, -0.15) is 0 Å². The Labute approximate surface area is 235 Å². The lowest BCUT2D eigenvalue weighted by molar-refractivity contribution is -0.123. The minimum absolute atomic E-state index is 0.00779. The standard InChI is InChI=1S/C29H26ClNO7S/c1-4-6-20-13-19(14-24(36-5-2)26(20)37-17-18-7-9-21(30)10-8-18)15-25-27(32)31(29(34)39-25)16-22-11-12-23(38-22)28(33)35-3/h4,7-15H,1,5-6,16-17H2,2-3H3/b25-15+. The first-order valence-corrected chi connectivity index (χ1v) is 13.2. The van der Waals surface area contributed by atoms with Crippen molar-refractivity contribution < 1.29 is 33.0 Å². The highest BCUT2D eigenvalue weighted by molar-refractivity contribution is 8.18. The zero-order chi connectivity index (χ0) is 27.9. The van der Waals surface area contributed by atoms with E-state index in [2.05, 4.69) is 11.3 Å². The van der Waals surface area contributed by atoms with Gasteiger partial charge in [-0.1, -0.05) is 29.8 Å². The molecule has 202 valence electrons. The number of rotatable bonds is 11. The number of hydrogen-bond acceptors (Lipinski definition) is 8. The SMILES string of the molecule is C=CCc1cc(/C=C2/SC(=O)N(Cc3ccc(C(=O)OC)o3)C2=O)cc(OCC)c1OCc1ccc(Cl)cc1. The van der Waals surface area contributed by atoms with Gasteiger partial charge in [0.1, 0.15) is 12.4 Å². The molecule has 2 amide bonds. The molecule has 2 heterocycles. The lowest BCUT2D eigenvalue weighted by Gasteiger charge is -2.17. The minimum atomic E-state index is -0.642. The summed E-state index contributed by atoms with van der Waals surface area (Å²) in [5.41, 5.74) is 2.44. The molecule has 1 saturated heterocycles. The van der Waals surface area contributed by atoms with Gasteiger partial charge in [0.05, 0.1) is 25.2 Å². The van der Waals surface area contributed by atoms with E-state index in [0.29, 0.717) is 41.7 Å². The Morgan fingerprint density at radius 2 is 1.90 bits per heavy atom. The van der Waals surface area contributed by atoms with E-state index in [9.17, 15) is 14.4 Å². The van der Waals surface area contributed by atoms with Crippen molar-refractivity contribution in [3.05, 3.63) is 99.3 Å². The average molecular weight is 568 g/mol. The van der Waals surface area contributed by atoms with Crippen LogP contribution in [-0.2, 0) is 29.1 Å². The molecule has 1 aromatic heterocycles. The maximum Gasteiger partial charge on any atom is 0.373 e. The molecule has 4 rings (SSSR count). The Morgan fingerprint density at radius 3 is 2.59 bits per heavy atom. The van der Waals surface area contributed by atoms with Crippen LogP contribution in [0.3, 0.4) is 0 Å². The largest absolute Gasteiger partial charge is 0.490 e. The van der Waals surface area contributed by atoms with Crippen molar-refractivity contribution in [3.8, 4) is 11.5 Å². The molecule has 0 atom stereocenters. The molecule has 1 fully saturated rings. The summed E-state index contributed by atoms with van der Waals surface area (Å²) in [6, 6.07) is 14.0. The molecule has 1 aliphatic heterocycles. The molecule has 0 aliphatic carbocycles. The predicted octanol–water partition coefficient (Wildman–Crippen LogP) is 6.66. The van der Waals surface area contributed by atoms with Gasteiger partial charge in [0.15, 0.2) is 11.5 Å². The van der Waals surface area contributed by atoms with Crippen molar-refractivity contribution in [3.63, 3.8) is 0 Å². The number of carbonyl (C=O) groups excluding carboxylic acids is 3. The van der Waals surface area contributed by atoms with Crippen LogP contribution in [0, 0.1) is 0 Å². The average Bonchev–Trinajstić information content (AvgIpc) is 3.49. The third-order valence-electron chi connectivity index (χ3n) is 5.65. The first-order valence-electron chi connectivity index (χ1n) is 12.0. The van der Waals surface area contributed by atoms with Crippen LogP contribution in [-0.4, -0.2) is 35.7 Å². The highest BCUT2D eigenvalue weighted by Crippen LogP contribution is 2.38. The van der Waals surface area contributed by atoms with Gasteiger partial charge in [-0.05, 0) is 78.7 Å². The number of methoxy groups -OCH3 is 1. The van der Waals surface area contributed by atoms with Gasteiger partial charge < -0.3 is 18.6 Å². The fourth-order valence-corrected chi connectivity index (χ4v) is 4.82. The Hall–Kier alpha value is -3.95. The lowest BCUT2D eigenvalue weighted by Crippen LogP contribution is -2.27. The van der Waals surface area contributed by atoms with E-state index in [1.54, 1.807) is 30.4 Å². The van der Waals surface area contributed by atoms with Crippen LogP contribution < -0.4 is 9.47 Å². The molecule has 1 aliphatic rings. The Kier molecular flexibility index (Phi) is 9.16. The van der Waals surface area contributed by atoms with E-state index in [0.717, 1.165) is 27.8 Å². The monoisotopic (exact) mass is 567 g/mol. The van der Waals surface area contributed by atoms with Gasteiger partial charge in [0.25, 0.3) is 11.1 Å². The second-order valence-electron chi connectivity index (χ2n) is 8.37. The van der Waals surface area contributed by atoms with Gasteiger partial charge >= 0.3 is 5.97 Å². The molecule has 2 aromatic carbocycles. The fourth-order valence-electron chi connectivity index (χ4n) is 3.85. The van der Waals surface area contributed by atoms with Crippen molar-refractivity contribution in [2.24, 2.45) is 0 Å². The fraction of sp³-hybridized carbons (Fsp3) is 0.207. The van der Waals surface area contributed by atoms with Gasteiger partial charge in [-0.25, -0.2) is 4.79 Å². The van der Waals surface area contributed by atoms with Crippen molar-refractivity contribution >= 4 is 46.6 Å². The van der Waals surface area contributed by atoms with E-state index in [1.165, 1.54) is 19.2 Å². The van der Waals surface area contributed by atoms with Crippen molar-refractivity contribution in [2.45, 2.75) is 26.5 Å². The molecule has 39 heavy (non-hydrogen) atoms. The quantitative estimate of drug-likeness (QED) is 0.144. The van der Waals surface area contributed by atoms with Crippen LogP contribution in [0.25, 0.3) is 6.08 Å². The maximum atomic E-state index is 13.1. The van der Waals surface area contributed by atoms with Crippen molar-refractivity contribution in [1.29, 1.82) is 0 Å². The van der Waals surface area contributed by atoms with Crippen molar-refractivity contribution in [1.82, 2.24) is 4.90 Å². The first kappa shape index (κ1) is 28.1. The number of nitrogens with zero attached hydrogens (tertiary/aromatic N) is 1. The third kappa shape index (κ3) is 6.74. The van der Waals surface area contributed by atoms with E-state index in [1.807, 2.05) is 25.1 Å². The van der Waals surface area contributed by atoms with Crippen LogP contribution >= 0.6 is 23.4 Å². The molecular weight excluding hydrogens is 542 g/mol. The molecule has 8 nitrogen and oxygen atoms in total. The topological polar surface area (TPSA) is 95.3 Å². The maximum absolute atomic E-state index is 13.1.